The molecule has 2 aliphatic rings. The molecule has 0 aromatic heterocycles. The van der Waals surface area contributed by atoms with E-state index < -0.39 is 0 Å². The zero-order valence-corrected chi connectivity index (χ0v) is 14.1. The van der Waals surface area contributed by atoms with Gasteiger partial charge in [-0.05, 0) is 50.5 Å². The lowest BCUT2D eigenvalue weighted by Gasteiger charge is -2.34. The number of amides is 3. The Balaban J connectivity index is 1.61. The Labute approximate surface area is 141 Å². The van der Waals surface area contributed by atoms with Crippen molar-refractivity contribution in [1.82, 2.24) is 10.2 Å². The number of anilines is 1. The summed E-state index contributed by atoms with van der Waals surface area (Å²) in [5.41, 5.74) is 0.822. The lowest BCUT2D eigenvalue weighted by atomic mass is 10.0. The van der Waals surface area contributed by atoms with Crippen molar-refractivity contribution < 1.29 is 9.59 Å². The van der Waals surface area contributed by atoms with Crippen molar-refractivity contribution in [2.24, 2.45) is 0 Å². The fraction of sp³-hybridized carbons (Fsp3) is 0.529. The molecule has 3 amide bonds. The lowest BCUT2D eigenvalue weighted by molar-refractivity contribution is -0.117. The van der Waals surface area contributed by atoms with Crippen LogP contribution in [0.15, 0.2) is 24.3 Å². The highest BCUT2D eigenvalue weighted by Crippen LogP contribution is 2.24. The van der Waals surface area contributed by atoms with Gasteiger partial charge in [0, 0.05) is 36.3 Å². The summed E-state index contributed by atoms with van der Waals surface area (Å²) in [7, 11) is 0. The molecule has 0 unspecified atom stereocenters. The number of carbonyl (C=O) groups is 2. The Morgan fingerprint density at radius 1 is 1.26 bits per heavy atom. The Bertz CT molecular complexity index is 590. The largest absolute Gasteiger partial charge is 0.333 e. The number of carbonyl (C=O) groups excluding carboxylic acids is 2. The van der Waals surface area contributed by atoms with E-state index in [9.17, 15) is 9.59 Å². The van der Waals surface area contributed by atoms with E-state index in [1.165, 1.54) is 6.42 Å². The molecule has 2 aliphatic heterocycles. The standard InChI is InChI=1S/C17H22ClN3O2/c1-12-4-2-3-9-20(12)17(23)19-14-10-16(22)21(11-14)15-7-5-13(18)6-8-15/h5-8,12,14H,2-4,9-11H2,1H3,(H,19,23)/t12-,14-/m1/s1. The Kier molecular flexibility index (Phi) is 4.76. The summed E-state index contributed by atoms with van der Waals surface area (Å²) >= 11 is 5.89. The van der Waals surface area contributed by atoms with E-state index in [0.29, 0.717) is 18.0 Å². The average molecular weight is 336 g/mol. The van der Waals surface area contributed by atoms with Gasteiger partial charge in [-0.15, -0.1) is 0 Å². The van der Waals surface area contributed by atoms with Gasteiger partial charge in [0.1, 0.15) is 0 Å². The second-order valence-electron chi connectivity index (χ2n) is 6.37. The van der Waals surface area contributed by atoms with Gasteiger partial charge in [-0.25, -0.2) is 4.79 Å². The third-order valence-corrected chi connectivity index (χ3v) is 4.91. The first-order valence-corrected chi connectivity index (χ1v) is 8.55. The van der Waals surface area contributed by atoms with E-state index in [1.807, 2.05) is 17.0 Å². The van der Waals surface area contributed by atoms with Crippen molar-refractivity contribution >= 4 is 29.2 Å². The minimum absolute atomic E-state index is 0.0318. The van der Waals surface area contributed by atoms with Gasteiger partial charge < -0.3 is 15.1 Å². The summed E-state index contributed by atoms with van der Waals surface area (Å²) < 4.78 is 0. The molecule has 1 N–H and O–H groups in total. The van der Waals surface area contributed by atoms with Gasteiger partial charge in [-0.3, -0.25) is 4.79 Å². The first-order valence-electron chi connectivity index (χ1n) is 8.17. The molecule has 0 radical (unpaired) electrons. The van der Waals surface area contributed by atoms with Crippen LogP contribution in [0.2, 0.25) is 5.02 Å². The van der Waals surface area contributed by atoms with Crippen molar-refractivity contribution in [2.45, 2.75) is 44.7 Å². The fourth-order valence-corrected chi connectivity index (χ4v) is 3.46. The molecule has 0 aliphatic carbocycles. The summed E-state index contributed by atoms with van der Waals surface area (Å²) in [6.07, 6.45) is 3.62. The molecule has 1 aromatic carbocycles. The molecule has 2 heterocycles. The van der Waals surface area contributed by atoms with Crippen LogP contribution in [0.25, 0.3) is 0 Å². The molecule has 23 heavy (non-hydrogen) atoms. The molecule has 6 heteroatoms. The van der Waals surface area contributed by atoms with E-state index >= 15 is 0 Å². The number of halogens is 1. The van der Waals surface area contributed by atoms with Crippen LogP contribution in [-0.4, -0.2) is 42.0 Å². The normalized spacial score (nSPS) is 24.9. The Hall–Kier alpha value is -1.75. The number of hydrogen-bond donors (Lipinski definition) is 1. The second-order valence-corrected chi connectivity index (χ2v) is 6.81. The second kappa shape index (κ2) is 6.79. The summed E-state index contributed by atoms with van der Waals surface area (Å²) in [4.78, 5) is 28.2. The molecular weight excluding hydrogens is 314 g/mol. The number of urea groups is 1. The zero-order valence-electron chi connectivity index (χ0n) is 13.3. The van der Waals surface area contributed by atoms with Crippen molar-refractivity contribution in [1.29, 1.82) is 0 Å². The highest BCUT2D eigenvalue weighted by atomic mass is 35.5. The van der Waals surface area contributed by atoms with Crippen LogP contribution >= 0.6 is 11.6 Å². The van der Waals surface area contributed by atoms with E-state index in [1.54, 1.807) is 17.0 Å². The van der Waals surface area contributed by atoms with E-state index in [-0.39, 0.29) is 24.0 Å². The number of likely N-dealkylation sites (tertiary alicyclic amines) is 1. The highest BCUT2D eigenvalue weighted by Gasteiger charge is 2.33. The van der Waals surface area contributed by atoms with Crippen molar-refractivity contribution in [2.75, 3.05) is 18.0 Å². The quantitative estimate of drug-likeness (QED) is 0.903. The average Bonchev–Trinajstić information content (AvgIpc) is 2.89. The number of hydrogen-bond acceptors (Lipinski definition) is 2. The first-order chi connectivity index (χ1) is 11.0. The van der Waals surface area contributed by atoms with Gasteiger partial charge in [-0.1, -0.05) is 11.6 Å². The molecule has 124 valence electrons. The molecule has 0 bridgehead atoms. The SMILES string of the molecule is C[C@@H]1CCCCN1C(=O)N[C@@H]1CC(=O)N(c2ccc(Cl)cc2)C1. The maximum atomic E-state index is 12.4. The van der Waals surface area contributed by atoms with Crippen LogP contribution in [0, 0.1) is 0 Å². The summed E-state index contributed by atoms with van der Waals surface area (Å²) in [6.45, 7) is 3.39. The monoisotopic (exact) mass is 335 g/mol. The minimum atomic E-state index is -0.139. The molecule has 1 aromatic rings. The number of rotatable bonds is 2. The number of benzene rings is 1. The van der Waals surface area contributed by atoms with Crippen LogP contribution in [0.4, 0.5) is 10.5 Å². The molecule has 5 nitrogen and oxygen atoms in total. The summed E-state index contributed by atoms with van der Waals surface area (Å²) in [6, 6.07) is 7.28. The van der Waals surface area contributed by atoms with Gasteiger partial charge >= 0.3 is 6.03 Å². The van der Waals surface area contributed by atoms with E-state index in [4.69, 9.17) is 11.6 Å². The molecular formula is C17H22ClN3O2. The fourth-order valence-electron chi connectivity index (χ4n) is 3.33. The molecule has 2 atom stereocenters. The lowest BCUT2D eigenvalue weighted by Crippen LogP contribution is -2.50. The van der Waals surface area contributed by atoms with E-state index in [2.05, 4.69) is 12.2 Å². The summed E-state index contributed by atoms with van der Waals surface area (Å²) in [5.74, 6) is 0.0318. The third kappa shape index (κ3) is 3.61. The predicted molar refractivity (Wildman–Crippen MR) is 90.8 cm³/mol. The molecule has 0 spiro atoms. The maximum Gasteiger partial charge on any atom is 0.317 e. The molecule has 2 fully saturated rings. The topological polar surface area (TPSA) is 52.7 Å². The third-order valence-electron chi connectivity index (χ3n) is 4.65. The number of piperidine rings is 1. The van der Waals surface area contributed by atoms with Crippen LogP contribution in [0.5, 0.6) is 0 Å². The first kappa shape index (κ1) is 16.1. The van der Waals surface area contributed by atoms with Gasteiger partial charge in [0.05, 0.1) is 6.04 Å². The van der Waals surface area contributed by atoms with Gasteiger partial charge in [0.25, 0.3) is 0 Å². The predicted octanol–water partition coefficient (Wildman–Crippen LogP) is 3.03. The number of nitrogens with one attached hydrogen (secondary N) is 1. The smallest absolute Gasteiger partial charge is 0.317 e. The van der Waals surface area contributed by atoms with Crippen LogP contribution in [0.1, 0.15) is 32.6 Å². The van der Waals surface area contributed by atoms with Crippen LogP contribution in [-0.2, 0) is 4.79 Å². The molecule has 0 saturated carbocycles. The number of nitrogens with zero attached hydrogens (tertiary/aromatic N) is 2. The van der Waals surface area contributed by atoms with Crippen LogP contribution in [0.3, 0.4) is 0 Å². The Morgan fingerprint density at radius 3 is 2.70 bits per heavy atom. The minimum Gasteiger partial charge on any atom is -0.333 e. The zero-order chi connectivity index (χ0) is 16.4. The highest BCUT2D eigenvalue weighted by molar-refractivity contribution is 6.30. The Morgan fingerprint density at radius 2 is 2.00 bits per heavy atom. The van der Waals surface area contributed by atoms with Crippen LogP contribution < -0.4 is 10.2 Å². The van der Waals surface area contributed by atoms with Gasteiger partial charge in [0.15, 0.2) is 0 Å². The summed E-state index contributed by atoms with van der Waals surface area (Å²) in [5, 5.41) is 3.66. The molecule has 2 saturated heterocycles. The van der Waals surface area contributed by atoms with Crippen molar-refractivity contribution in [3.63, 3.8) is 0 Å². The van der Waals surface area contributed by atoms with Gasteiger partial charge in [0.2, 0.25) is 5.91 Å². The van der Waals surface area contributed by atoms with Crippen molar-refractivity contribution in [3.8, 4) is 0 Å². The maximum absolute atomic E-state index is 12.4. The molecule has 3 rings (SSSR count). The van der Waals surface area contributed by atoms with Gasteiger partial charge in [-0.2, -0.15) is 0 Å². The van der Waals surface area contributed by atoms with E-state index in [0.717, 1.165) is 25.1 Å². The van der Waals surface area contributed by atoms with Crippen molar-refractivity contribution in [3.05, 3.63) is 29.3 Å².